The molecule has 0 saturated heterocycles. The third-order valence-corrected chi connectivity index (χ3v) is 3.77. The quantitative estimate of drug-likeness (QED) is 0.477. The second kappa shape index (κ2) is 14.2. The Balaban J connectivity index is 0.000000841. The van der Waals surface area contributed by atoms with Crippen LogP contribution in [0.4, 0.5) is 0 Å². The van der Waals surface area contributed by atoms with Gasteiger partial charge in [-0.25, -0.2) is 0 Å². The van der Waals surface area contributed by atoms with Crippen molar-refractivity contribution in [1.82, 2.24) is 15.1 Å². The minimum atomic E-state index is 0.0417. The monoisotopic (exact) mass is 446 g/mol. The number of amides is 1. The molecule has 0 unspecified atom stereocenters. The fourth-order valence-corrected chi connectivity index (χ4v) is 2.33. The fraction of sp³-hybridized carbons (Fsp3) is 0.500. The van der Waals surface area contributed by atoms with Gasteiger partial charge >= 0.3 is 0 Å². The highest BCUT2D eigenvalue weighted by molar-refractivity contribution is 6.34. The molecule has 0 aliphatic heterocycles. The number of carbonyl (C=O) groups is 1. The number of aromatic nitrogens is 2. The van der Waals surface area contributed by atoms with Crippen molar-refractivity contribution < 1.29 is 14.3 Å². The average Bonchev–Trinajstić information content (AvgIpc) is 3.04. The van der Waals surface area contributed by atoms with Gasteiger partial charge in [-0.3, -0.25) is 9.48 Å². The summed E-state index contributed by atoms with van der Waals surface area (Å²) in [6, 6.07) is 4.92. The van der Waals surface area contributed by atoms with Crippen molar-refractivity contribution in [3.8, 4) is 11.5 Å². The standard InChI is InChI=1S/C13H14Cl2N4O2.C5H12O.C2H6/c14-9-3-10(15)5-11(4-9)21-13-7-18-19(12(13)6-16)2-1-17-8-20;1-5(2,3)6-4;1-2/h3-5,7-8H,1-2,6,16H2,(H,17,20);1-4H3;1-2H3. The van der Waals surface area contributed by atoms with Crippen LogP contribution in [-0.4, -0.2) is 35.4 Å². The Kier molecular flexibility index (Phi) is 13.3. The van der Waals surface area contributed by atoms with Crippen LogP contribution in [0.3, 0.4) is 0 Å². The molecule has 0 aliphatic carbocycles. The van der Waals surface area contributed by atoms with E-state index >= 15 is 0 Å². The number of rotatable bonds is 7. The molecule has 0 spiro atoms. The molecule has 1 aromatic carbocycles. The largest absolute Gasteiger partial charge is 0.454 e. The summed E-state index contributed by atoms with van der Waals surface area (Å²) in [6.45, 7) is 11.3. The van der Waals surface area contributed by atoms with Crippen LogP contribution in [0.5, 0.6) is 11.5 Å². The van der Waals surface area contributed by atoms with Crippen LogP contribution in [-0.2, 0) is 22.6 Å². The molecule has 0 aliphatic rings. The summed E-state index contributed by atoms with van der Waals surface area (Å²) < 4.78 is 12.3. The van der Waals surface area contributed by atoms with Crippen molar-refractivity contribution in [2.45, 2.75) is 53.3 Å². The molecule has 0 radical (unpaired) electrons. The molecule has 1 amide bonds. The highest BCUT2D eigenvalue weighted by Crippen LogP contribution is 2.30. The minimum absolute atomic E-state index is 0.0417. The number of methoxy groups -OCH3 is 1. The first kappa shape index (κ1) is 27.2. The van der Waals surface area contributed by atoms with E-state index in [0.717, 1.165) is 5.69 Å². The summed E-state index contributed by atoms with van der Waals surface area (Å²) in [5.41, 5.74) is 6.49. The van der Waals surface area contributed by atoms with E-state index in [9.17, 15) is 4.79 Å². The molecule has 29 heavy (non-hydrogen) atoms. The molecule has 0 fully saturated rings. The average molecular weight is 447 g/mol. The van der Waals surface area contributed by atoms with E-state index in [1.54, 1.807) is 36.2 Å². The molecule has 2 rings (SSSR count). The van der Waals surface area contributed by atoms with Crippen molar-refractivity contribution in [2.75, 3.05) is 13.7 Å². The van der Waals surface area contributed by atoms with Crippen LogP contribution in [0.15, 0.2) is 24.4 Å². The number of carbonyl (C=O) groups excluding carboxylic acids is 1. The summed E-state index contributed by atoms with van der Waals surface area (Å²) in [4.78, 5) is 10.2. The van der Waals surface area contributed by atoms with Gasteiger partial charge in [0.15, 0.2) is 5.75 Å². The van der Waals surface area contributed by atoms with Crippen LogP contribution < -0.4 is 15.8 Å². The van der Waals surface area contributed by atoms with Crippen LogP contribution >= 0.6 is 23.2 Å². The topological polar surface area (TPSA) is 91.4 Å². The lowest BCUT2D eigenvalue weighted by molar-refractivity contribution is -0.109. The molecule has 2 aromatic rings. The van der Waals surface area contributed by atoms with Gasteiger partial charge in [0.1, 0.15) is 5.75 Å². The van der Waals surface area contributed by atoms with Gasteiger partial charge in [-0.2, -0.15) is 5.10 Å². The molecule has 0 atom stereocenters. The van der Waals surface area contributed by atoms with E-state index in [1.807, 2.05) is 34.6 Å². The number of hydrogen-bond donors (Lipinski definition) is 2. The molecule has 3 N–H and O–H groups in total. The number of ether oxygens (including phenoxy) is 2. The lowest BCUT2D eigenvalue weighted by Crippen LogP contribution is -2.20. The Morgan fingerprint density at radius 1 is 1.21 bits per heavy atom. The van der Waals surface area contributed by atoms with Gasteiger partial charge in [0.25, 0.3) is 0 Å². The Hall–Kier alpha value is -1.80. The summed E-state index contributed by atoms with van der Waals surface area (Å²) >= 11 is 11.9. The molecule has 7 nitrogen and oxygen atoms in total. The number of nitrogens with zero attached hydrogens (tertiary/aromatic N) is 2. The van der Waals surface area contributed by atoms with E-state index in [-0.39, 0.29) is 12.1 Å². The van der Waals surface area contributed by atoms with Gasteiger partial charge in [-0.15, -0.1) is 0 Å². The Morgan fingerprint density at radius 2 is 1.76 bits per heavy atom. The summed E-state index contributed by atoms with van der Waals surface area (Å²) in [7, 11) is 1.71. The van der Waals surface area contributed by atoms with Gasteiger partial charge in [-0.05, 0) is 39.0 Å². The molecule has 0 saturated carbocycles. The smallest absolute Gasteiger partial charge is 0.207 e. The van der Waals surface area contributed by atoms with E-state index in [0.29, 0.717) is 41.0 Å². The van der Waals surface area contributed by atoms with E-state index in [4.69, 9.17) is 38.4 Å². The van der Waals surface area contributed by atoms with Crippen LogP contribution in [0.1, 0.15) is 40.3 Å². The van der Waals surface area contributed by atoms with Crippen molar-refractivity contribution >= 4 is 29.6 Å². The predicted octanol–water partition coefficient (Wildman–Crippen LogP) is 4.64. The van der Waals surface area contributed by atoms with E-state index in [1.165, 1.54) is 0 Å². The van der Waals surface area contributed by atoms with Gasteiger partial charge in [0.05, 0.1) is 24.0 Å². The SMILES string of the molecule is CC.COC(C)(C)C.NCc1c(Oc2cc(Cl)cc(Cl)c2)cnn1CCNC=O. The van der Waals surface area contributed by atoms with Crippen molar-refractivity contribution in [2.24, 2.45) is 5.73 Å². The zero-order valence-corrected chi connectivity index (χ0v) is 19.5. The van der Waals surface area contributed by atoms with Crippen molar-refractivity contribution in [3.05, 3.63) is 40.1 Å². The Bertz CT molecular complexity index is 711. The second-order valence-corrected chi connectivity index (χ2v) is 7.35. The molecular weight excluding hydrogens is 415 g/mol. The summed E-state index contributed by atoms with van der Waals surface area (Å²) in [6.07, 6.45) is 2.20. The molecule has 1 heterocycles. The molecular formula is C20H32Cl2N4O3. The van der Waals surface area contributed by atoms with Gasteiger partial charge in [0, 0.05) is 30.2 Å². The van der Waals surface area contributed by atoms with Crippen LogP contribution in [0.25, 0.3) is 0 Å². The van der Waals surface area contributed by atoms with Gasteiger partial charge in [0.2, 0.25) is 6.41 Å². The third-order valence-electron chi connectivity index (χ3n) is 3.33. The first-order chi connectivity index (χ1) is 13.7. The Labute approximate surface area is 183 Å². The molecule has 9 heteroatoms. The molecule has 1 aromatic heterocycles. The minimum Gasteiger partial charge on any atom is -0.454 e. The number of nitrogens with one attached hydrogen (secondary N) is 1. The van der Waals surface area contributed by atoms with Gasteiger partial charge in [-0.1, -0.05) is 37.0 Å². The first-order valence-corrected chi connectivity index (χ1v) is 10.1. The predicted molar refractivity (Wildman–Crippen MR) is 119 cm³/mol. The van der Waals surface area contributed by atoms with Crippen molar-refractivity contribution in [1.29, 1.82) is 0 Å². The third kappa shape index (κ3) is 11.1. The number of halogens is 2. The normalized spacial score (nSPS) is 10.2. The van der Waals surface area contributed by atoms with Crippen LogP contribution in [0.2, 0.25) is 10.0 Å². The van der Waals surface area contributed by atoms with E-state index < -0.39 is 0 Å². The lowest BCUT2D eigenvalue weighted by Gasteiger charge is -2.14. The second-order valence-electron chi connectivity index (χ2n) is 6.48. The van der Waals surface area contributed by atoms with E-state index in [2.05, 4.69) is 10.4 Å². The highest BCUT2D eigenvalue weighted by atomic mass is 35.5. The maximum atomic E-state index is 10.2. The highest BCUT2D eigenvalue weighted by Gasteiger charge is 2.12. The summed E-state index contributed by atoms with van der Waals surface area (Å²) in [5, 5.41) is 7.72. The maximum absolute atomic E-state index is 10.2. The van der Waals surface area contributed by atoms with Crippen molar-refractivity contribution in [3.63, 3.8) is 0 Å². The first-order valence-electron chi connectivity index (χ1n) is 9.31. The maximum Gasteiger partial charge on any atom is 0.207 e. The fourth-order valence-electron chi connectivity index (χ4n) is 1.82. The van der Waals surface area contributed by atoms with Gasteiger partial charge < -0.3 is 20.5 Å². The van der Waals surface area contributed by atoms with Crippen LogP contribution in [0, 0.1) is 0 Å². The zero-order valence-electron chi connectivity index (χ0n) is 18.0. The lowest BCUT2D eigenvalue weighted by atomic mass is 10.2. The zero-order chi connectivity index (χ0) is 22.4. The Morgan fingerprint density at radius 3 is 2.21 bits per heavy atom. The summed E-state index contributed by atoms with van der Waals surface area (Å²) in [5.74, 6) is 1.04. The number of hydrogen-bond acceptors (Lipinski definition) is 5. The number of nitrogens with two attached hydrogens (primary N) is 1. The molecule has 0 bridgehead atoms. The number of benzene rings is 1. The molecule has 164 valence electrons.